The van der Waals surface area contributed by atoms with Crippen LogP contribution < -0.4 is 20.1 Å². The van der Waals surface area contributed by atoms with Gasteiger partial charge in [0.1, 0.15) is 29.2 Å². The summed E-state index contributed by atoms with van der Waals surface area (Å²) in [6.45, 7) is 0.600. The van der Waals surface area contributed by atoms with Crippen molar-refractivity contribution < 1.29 is 33.4 Å². The number of rotatable bonds is 11. The van der Waals surface area contributed by atoms with Gasteiger partial charge in [-0.25, -0.2) is 9.50 Å². The number of carbonyl (C=O) groups is 5. The number of hydrogen-bond acceptors (Lipinski definition) is 11. The van der Waals surface area contributed by atoms with Gasteiger partial charge in [-0.2, -0.15) is 10.2 Å². The van der Waals surface area contributed by atoms with Crippen molar-refractivity contribution in [1.82, 2.24) is 39.5 Å². The van der Waals surface area contributed by atoms with E-state index in [1.54, 1.807) is 41.2 Å². The summed E-state index contributed by atoms with van der Waals surface area (Å²) in [5, 5.41) is 15.5. The molecule has 3 aromatic heterocycles. The second-order valence-electron chi connectivity index (χ2n) is 16.3. The van der Waals surface area contributed by atoms with Crippen LogP contribution in [-0.2, 0) is 9.59 Å². The molecule has 2 aliphatic heterocycles. The topological polar surface area (TPSA) is 182 Å². The van der Waals surface area contributed by atoms with Crippen LogP contribution >= 0.6 is 0 Å². The first-order valence-electron chi connectivity index (χ1n) is 20.2. The van der Waals surface area contributed by atoms with Gasteiger partial charge in [-0.1, -0.05) is 0 Å². The van der Waals surface area contributed by atoms with Crippen LogP contribution in [0.25, 0.3) is 16.6 Å². The number of amides is 5. The van der Waals surface area contributed by atoms with Gasteiger partial charge in [0.2, 0.25) is 11.8 Å². The molecule has 16 heteroatoms. The van der Waals surface area contributed by atoms with E-state index in [4.69, 9.17) is 14.6 Å². The highest BCUT2D eigenvalue weighted by Crippen LogP contribution is 2.39. The van der Waals surface area contributed by atoms with Crippen LogP contribution in [0.5, 0.6) is 11.5 Å². The minimum Gasteiger partial charge on any atom is -0.491 e. The maximum atomic E-state index is 13.4. The zero-order chi connectivity index (χ0) is 39.7. The average Bonchev–Trinajstić information content (AvgIpc) is 3.70. The molecular formula is C42H43N9O7. The molecule has 0 bridgehead atoms. The van der Waals surface area contributed by atoms with Gasteiger partial charge < -0.3 is 19.7 Å². The lowest BCUT2D eigenvalue weighted by molar-refractivity contribution is -0.136. The highest BCUT2D eigenvalue weighted by atomic mass is 16.5. The van der Waals surface area contributed by atoms with Gasteiger partial charge in [-0.3, -0.25) is 38.9 Å². The Hall–Kier alpha value is -6.16. The van der Waals surface area contributed by atoms with Gasteiger partial charge in [0, 0.05) is 61.4 Å². The first-order valence-corrected chi connectivity index (χ1v) is 20.2. The molecule has 10 rings (SSSR count). The summed E-state index contributed by atoms with van der Waals surface area (Å²) in [7, 11) is 2.19. The number of aromatic nitrogens is 5. The van der Waals surface area contributed by atoms with Crippen LogP contribution in [-0.4, -0.2) is 102 Å². The van der Waals surface area contributed by atoms with Crippen LogP contribution in [0.3, 0.4) is 0 Å². The third-order valence-corrected chi connectivity index (χ3v) is 12.5. The molecule has 16 nitrogen and oxygen atoms in total. The molecule has 3 saturated carbocycles. The molecule has 5 aliphatic rings. The van der Waals surface area contributed by atoms with Gasteiger partial charge in [0.05, 0.1) is 41.2 Å². The van der Waals surface area contributed by atoms with Gasteiger partial charge in [0.25, 0.3) is 17.7 Å². The summed E-state index contributed by atoms with van der Waals surface area (Å²) >= 11 is 0. The highest BCUT2D eigenvalue weighted by Gasteiger charge is 2.45. The van der Waals surface area contributed by atoms with Gasteiger partial charge in [-0.05, 0) is 88.2 Å². The lowest BCUT2D eigenvalue weighted by Crippen LogP contribution is -2.54. The Morgan fingerprint density at radius 3 is 2.57 bits per heavy atom. The molecule has 3 aliphatic carbocycles. The average molecular weight is 786 g/mol. The van der Waals surface area contributed by atoms with Crippen LogP contribution in [0.1, 0.15) is 101 Å². The third kappa shape index (κ3) is 6.64. The molecule has 1 atom stereocenters. The van der Waals surface area contributed by atoms with Gasteiger partial charge >= 0.3 is 0 Å². The highest BCUT2D eigenvalue weighted by molar-refractivity contribution is 6.23. The minimum atomic E-state index is -1.00. The van der Waals surface area contributed by atoms with Gasteiger partial charge in [0.15, 0.2) is 5.65 Å². The fraction of sp³-hybridized carbons (Fsp3) is 0.429. The van der Waals surface area contributed by atoms with E-state index in [0.717, 1.165) is 67.2 Å². The second-order valence-corrected chi connectivity index (χ2v) is 16.3. The Morgan fingerprint density at radius 2 is 1.78 bits per heavy atom. The SMILES string of the molecule is CN(C1CCC(n2cc3cc(NC(=O)c4cnn5cccnc45)c(OCC4CC4)cc3n2)CC1)C1CC(Oc2ccc3c(c2)C(=O)N(C2CCC(=O)NC2=O)C3=O)C1. The zero-order valence-electron chi connectivity index (χ0n) is 32.0. The molecule has 2 N–H and O–H groups in total. The number of nitrogens with one attached hydrogen (secondary N) is 2. The molecular weight excluding hydrogens is 743 g/mol. The number of fused-ring (bicyclic) bond motifs is 3. The fourth-order valence-corrected chi connectivity index (χ4v) is 8.86. The maximum absolute atomic E-state index is 13.4. The predicted molar refractivity (Wildman–Crippen MR) is 208 cm³/mol. The number of piperidine rings is 1. The number of ether oxygens (including phenoxy) is 2. The van der Waals surface area contributed by atoms with E-state index in [-0.39, 0.29) is 42.0 Å². The Morgan fingerprint density at radius 1 is 0.966 bits per heavy atom. The number of benzene rings is 2. The Kier molecular flexibility index (Phi) is 8.95. The Bertz CT molecular complexity index is 2490. The summed E-state index contributed by atoms with van der Waals surface area (Å²) in [6, 6.07) is 10.6. The maximum Gasteiger partial charge on any atom is 0.262 e. The molecule has 298 valence electrons. The molecule has 0 spiro atoms. The molecule has 5 aromatic rings. The van der Waals surface area contributed by atoms with Crippen LogP contribution in [0.15, 0.2) is 61.2 Å². The number of anilines is 1. The Balaban J connectivity index is 0.748. The van der Waals surface area contributed by atoms with E-state index in [9.17, 15) is 24.0 Å². The third-order valence-electron chi connectivity index (χ3n) is 12.5. The van der Waals surface area contributed by atoms with Crippen molar-refractivity contribution in [2.45, 2.75) is 94.5 Å². The van der Waals surface area contributed by atoms with Gasteiger partial charge in [-0.15, -0.1) is 0 Å². The van der Waals surface area contributed by atoms with E-state index in [1.165, 1.54) is 6.20 Å². The van der Waals surface area contributed by atoms with E-state index < -0.39 is 29.7 Å². The van der Waals surface area contributed by atoms with Crippen molar-refractivity contribution in [2.75, 3.05) is 19.0 Å². The monoisotopic (exact) mass is 785 g/mol. The summed E-state index contributed by atoms with van der Waals surface area (Å²) in [5.41, 5.74) is 2.74. The van der Waals surface area contributed by atoms with Crippen molar-refractivity contribution >= 4 is 51.8 Å². The van der Waals surface area contributed by atoms with Crippen LogP contribution in [0, 0.1) is 5.92 Å². The molecule has 1 saturated heterocycles. The first kappa shape index (κ1) is 36.2. The van der Waals surface area contributed by atoms with Crippen LogP contribution in [0.2, 0.25) is 0 Å². The Labute approximate surface area is 332 Å². The van der Waals surface area contributed by atoms with Crippen LogP contribution in [0.4, 0.5) is 5.69 Å². The minimum absolute atomic E-state index is 0.0131. The summed E-state index contributed by atoms with van der Waals surface area (Å²) in [4.78, 5) is 71.6. The quantitative estimate of drug-likeness (QED) is 0.179. The molecule has 5 heterocycles. The van der Waals surface area contributed by atoms with E-state index in [0.29, 0.717) is 53.0 Å². The number of hydrogen-bond donors (Lipinski definition) is 2. The normalized spacial score (nSPS) is 24.6. The number of imide groups is 2. The van der Waals surface area contributed by atoms with Crippen molar-refractivity contribution in [3.8, 4) is 11.5 Å². The molecule has 1 unspecified atom stereocenters. The number of carbonyl (C=O) groups excluding carboxylic acids is 5. The zero-order valence-corrected chi connectivity index (χ0v) is 32.0. The van der Waals surface area contributed by atoms with E-state index >= 15 is 0 Å². The summed E-state index contributed by atoms with van der Waals surface area (Å²) in [5.74, 6) is -0.749. The van der Waals surface area contributed by atoms with Crippen molar-refractivity contribution in [2.24, 2.45) is 5.92 Å². The van der Waals surface area contributed by atoms with Crippen molar-refractivity contribution in [1.29, 1.82) is 0 Å². The van der Waals surface area contributed by atoms with Crippen molar-refractivity contribution in [3.05, 3.63) is 77.9 Å². The lowest BCUT2D eigenvalue weighted by atomic mass is 9.84. The molecule has 58 heavy (non-hydrogen) atoms. The molecule has 5 amide bonds. The summed E-state index contributed by atoms with van der Waals surface area (Å²) < 4.78 is 16.2. The van der Waals surface area contributed by atoms with E-state index in [1.807, 2.05) is 12.1 Å². The second kappa shape index (κ2) is 14.3. The van der Waals surface area contributed by atoms with Crippen molar-refractivity contribution in [3.63, 3.8) is 0 Å². The lowest BCUT2D eigenvalue weighted by Gasteiger charge is -2.46. The molecule has 0 radical (unpaired) electrons. The smallest absolute Gasteiger partial charge is 0.262 e. The largest absolute Gasteiger partial charge is 0.491 e. The standard InChI is InChI=1S/C42H43N9O7/c1-48(27-16-29(17-27)58-28-9-10-30-31(18-28)42(56)51(41(30)55)35-11-12-37(52)46-40(35)54)25-5-7-26(8-6-25)50-21-24-15-34(36(19-33(24)47-50)57-22-23-3-4-23)45-39(53)32-20-44-49-14-2-13-43-38(32)49/h2,9-10,13-15,18-21,23,25-27,29,35H,3-8,11-12,16-17,22H2,1H3,(H,45,53)(H,46,52,54). The fourth-order valence-electron chi connectivity index (χ4n) is 8.86. The summed E-state index contributed by atoms with van der Waals surface area (Å²) in [6.07, 6.45) is 15.2. The predicted octanol–water partition coefficient (Wildman–Crippen LogP) is 4.55. The number of nitrogens with zero attached hydrogens (tertiary/aromatic N) is 7. The molecule has 4 fully saturated rings. The molecule has 2 aromatic carbocycles. The van der Waals surface area contributed by atoms with E-state index in [2.05, 4.69) is 43.5 Å². The first-order chi connectivity index (χ1) is 28.2.